The quantitative estimate of drug-likeness (QED) is 0.633. The van der Waals surface area contributed by atoms with Crippen molar-refractivity contribution in [1.82, 2.24) is 0 Å². The van der Waals surface area contributed by atoms with Gasteiger partial charge in [0, 0.05) is 0 Å². The molecule has 0 fully saturated rings. The van der Waals surface area contributed by atoms with Gasteiger partial charge in [-0.25, -0.2) is 0 Å². The fourth-order valence-electron chi connectivity index (χ4n) is 1.82. The molecule has 1 unspecified atom stereocenters. The second kappa shape index (κ2) is 5.37. The Morgan fingerprint density at radius 1 is 0.818 bits per heavy atom. The lowest BCUT2D eigenvalue weighted by Gasteiger charge is -2.22. The highest BCUT2D eigenvalue weighted by molar-refractivity contribution is 5.47. The summed E-state index contributed by atoms with van der Waals surface area (Å²) in [5, 5.41) is 8.59. The Bertz CT molecular complexity index is 566. The lowest BCUT2D eigenvalue weighted by Crippen LogP contribution is -2.21. The fraction of sp³-hybridized carbons (Fsp3) is 0.417. The second-order valence-corrected chi connectivity index (χ2v) is 4.33. The van der Waals surface area contributed by atoms with Gasteiger partial charge in [0.05, 0.1) is 28.7 Å². The predicted octanol–water partition coefficient (Wildman–Crippen LogP) is 5.37. The van der Waals surface area contributed by atoms with E-state index < -0.39 is 58.8 Å². The lowest BCUT2D eigenvalue weighted by molar-refractivity contribution is -0.149. The first-order valence-corrected chi connectivity index (χ1v) is 5.48. The number of benzene rings is 1. The molecule has 0 heterocycles. The van der Waals surface area contributed by atoms with Crippen LogP contribution in [0.2, 0.25) is 0 Å². The van der Waals surface area contributed by atoms with Crippen LogP contribution in [0.3, 0.4) is 0 Å². The highest BCUT2D eigenvalue weighted by Gasteiger charge is 2.45. The average Bonchev–Trinajstić information content (AvgIpc) is 2.33. The molecule has 0 bridgehead atoms. The van der Waals surface area contributed by atoms with Gasteiger partial charge >= 0.3 is 18.5 Å². The van der Waals surface area contributed by atoms with E-state index in [0.717, 1.165) is 6.92 Å². The standard InChI is InChI=1S/C12H6F9N/c1-5(4-22)9-7(11(16,17)18)2-6(10(13,14)15)3-8(9)12(19,20)21/h2-3,5H,1H3. The number of alkyl halides is 9. The van der Waals surface area contributed by atoms with Gasteiger partial charge in [0.25, 0.3) is 0 Å². The summed E-state index contributed by atoms with van der Waals surface area (Å²) in [6.45, 7) is 0.743. The third kappa shape index (κ3) is 3.64. The van der Waals surface area contributed by atoms with Crippen molar-refractivity contribution >= 4 is 0 Å². The van der Waals surface area contributed by atoms with Crippen molar-refractivity contribution in [2.24, 2.45) is 0 Å². The molecule has 1 atom stereocenters. The molecular weight excluding hydrogens is 329 g/mol. The summed E-state index contributed by atoms with van der Waals surface area (Å²) in [6.07, 6.45) is -16.3. The number of hydrogen-bond acceptors (Lipinski definition) is 1. The Hall–Kier alpha value is -1.92. The number of hydrogen-bond donors (Lipinski definition) is 0. The molecule has 0 aliphatic heterocycles. The van der Waals surface area contributed by atoms with E-state index in [-0.39, 0.29) is 0 Å². The van der Waals surface area contributed by atoms with Crippen LogP contribution in [0.25, 0.3) is 0 Å². The fourth-order valence-corrected chi connectivity index (χ4v) is 1.82. The molecular formula is C12H6F9N. The van der Waals surface area contributed by atoms with Gasteiger partial charge in [-0.15, -0.1) is 0 Å². The molecule has 10 heteroatoms. The summed E-state index contributed by atoms with van der Waals surface area (Å²) in [6, 6.07) is 0.347. The van der Waals surface area contributed by atoms with Gasteiger partial charge in [-0.05, 0) is 24.6 Å². The summed E-state index contributed by atoms with van der Waals surface area (Å²) in [4.78, 5) is 0. The van der Waals surface area contributed by atoms with Gasteiger partial charge in [-0.2, -0.15) is 44.8 Å². The third-order valence-electron chi connectivity index (χ3n) is 2.74. The van der Waals surface area contributed by atoms with Crippen molar-refractivity contribution in [2.45, 2.75) is 31.4 Å². The summed E-state index contributed by atoms with van der Waals surface area (Å²) in [5.41, 5.74) is -7.84. The molecule has 1 nitrogen and oxygen atoms in total. The number of nitrogens with zero attached hydrogens (tertiary/aromatic N) is 1. The maximum atomic E-state index is 12.8. The molecule has 1 rings (SSSR count). The van der Waals surface area contributed by atoms with Crippen LogP contribution >= 0.6 is 0 Å². The Labute approximate surface area is 118 Å². The van der Waals surface area contributed by atoms with Crippen molar-refractivity contribution in [3.05, 3.63) is 34.4 Å². The van der Waals surface area contributed by atoms with Gasteiger partial charge in [0.2, 0.25) is 0 Å². The Morgan fingerprint density at radius 3 is 1.41 bits per heavy atom. The molecule has 22 heavy (non-hydrogen) atoms. The zero-order chi connectivity index (χ0) is 17.5. The minimum absolute atomic E-state index is 0.418. The first kappa shape index (κ1) is 18.1. The zero-order valence-electron chi connectivity index (χ0n) is 10.6. The first-order chi connectivity index (χ1) is 9.69. The van der Waals surface area contributed by atoms with Crippen LogP contribution in [0.5, 0.6) is 0 Å². The summed E-state index contributed by atoms with van der Waals surface area (Å²) in [7, 11) is 0. The Morgan fingerprint density at radius 2 is 1.18 bits per heavy atom. The van der Waals surface area contributed by atoms with Crippen molar-refractivity contribution in [3.8, 4) is 6.07 Å². The molecule has 0 saturated heterocycles. The lowest BCUT2D eigenvalue weighted by atomic mass is 9.89. The predicted molar refractivity (Wildman–Crippen MR) is 55.5 cm³/mol. The molecule has 0 N–H and O–H groups in total. The van der Waals surface area contributed by atoms with Crippen LogP contribution in [0.1, 0.15) is 35.1 Å². The van der Waals surface area contributed by atoms with E-state index in [2.05, 4.69) is 0 Å². The number of rotatable bonds is 1. The highest BCUT2D eigenvalue weighted by atomic mass is 19.4. The van der Waals surface area contributed by atoms with Crippen molar-refractivity contribution in [1.29, 1.82) is 5.26 Å². The van der Waals surface area contributed by atoms with Gasteiger partial charge in [-0.1, -0.05) is 0 Å². The zero-order valence-corrected chi connectivity index (χ0v) is 10.6. The van der Waals surface area contributed by atoms with E-state index in [0.29, 0.717) is 0 Å². The normalized spacial score (nSPS) is 14.6. The van der Waals surface area contributed by atoms with E-state index >= 15 is 0 Å². The van der Waals surface area contributed by atoms with E-state index in [4.69, 9.17) is 5.26 Å². The van der Waals surface area contributed by atoms with E-state index in [1.54, 1.807) is 0 Å². The minimum atomic E-state index is -5.47. The molecule has 0 aliphatic carbocycles. The SMILES string of the molecule is CC(C#N)c1c(C(F)(F)F)cc(C(F)(F)F)cc1C(F)(F)F. The maximum absolute atomic E-state index is 12.8. The molecule has 0 amide bonds. The molecule has 0 radical (unpaired) electrons. The minimum Gasteiger partial charge on any atom is -0.198 e. The molecule has 122 valence electrons. The van der Waals surface area contributed by atoms with Crippen LogP contribution in [-0.4, -0.2) is 0 Å². The van der Waals surface area contributed by atoms with Crippen LogP contribution in [0.4, 0.5) is 39.5 Å². The monoisotopic (exact) mass is 335 g/mol. The Balaban J connectivity index is 3.91. The number of nitriles is 1. The third-order valence-corrected chi connectivity index (χ3v) is 2.74. The molecule has 0 saturated carbocycles. The topological polar surface area (TPSA) is 23.8 Å². The van der Waals surface area contributed by atoms with E-state index in [1.807, 2.05) is 0 Å². The second-order valence-electron chi connectivity index (χ2n) is 4.33. The highest BCUT2D eigenvalue weighted by Crippen LogP contribution is 2.45. The van der Waals surface area contributed by atoms with Crippen molar-refractivity contribution in [2.75, 3.05) is 0 Å². The molecule has 1 aromatic rings. The average molecular weight is 335 g/mol. The number of halogens is 9. The van der Waals surface area contributed by atoms with E-state index in [9.17, 15) is 39.5 Å². The molecule has 0 spiro atoms. The summed E-state index contributed by atoms with van der Waals surface area (Å²) in [5.74, 6) is -1.89. The van der Waals surface area contributed by atoms with Crippen LogP contribution in [-0.2, 0) is 18.5 Å². The van der Waals surface area contributed by atoms with E-state index in [1.165, 1.54) is 6.07 Å². The molecule has 0 aliphatic rings. The van der Waals surface area contributed by atoms with Gasteiger partial charge < -0.3 is 0 Å². The van der Waals surface area contributed by atoms with Crippen LogP contribution < -0.4 is 0 Å². The maximum Gasteiger partial charge on any atom is 0.416 e. The first-order valence-electron chi connectivity index (χ1n) is 5.48. The molecule has 1 aromatic carbocycles. The smallest absolute Gasteiger partial charge is 0.198 e. The van der Waals surface area contributed by atoms with Gasteiger partial charge in [0.15, 0.2) is 0 Å². The molecule has 0 aromatic heterocycles. The van der Waals surface area contributed by atoms with Crippen molar-refractivity contribution < 1.29 is 39.5 Å². The van der Waals surface area contributed by atoms with Gasteiger partial charge in [-0.3, -0.25) is 0 Å². The Kier molecular flexibility index (Phi) is 4.43. The van der Waals surface area contributed by atoms with Gasteiger partial charge in [0.1, 0.15) is 0 Å². The van der Waals surface area contributed by atoms with Crippen LogP contribution in [0, 0.1) is 11.3 Å². The summed E-state index contributed by atoms with van der Waals surface area (Å²) < 4.78 is 115. The largest absolute Gasteiger partial charge is 0.416 e. The summed E-state index contributed by atoms with van der Waals surface area (Å²) >= 11 is 0. The van der Waals surface area contributed by atoms with Crippen LogP contribution in [0.15, 0.2) is 12.1 Å². The van der Waals surface area contributed by atoms with Crippen molar-refractivity contribution in [3.63, 3.8) is 0 Å².